The lowest BCUT2D eigenvalue weighted by atomic mass is 9.92. The Morgan fingerprint density at radius 3 is 2.74 bits per heavy atom. The lowest BCUT2D eigenvalue weighted by molar-refractivity contribution is -0.119. The van der Waals surface area contributed by atoms with E-state index in [0.29, 0.717) is 18.9 Å². The molecule has 1 aliphatic heterocycles. The third-order valence-corrected chi connectivity index (χ3v) is 6.30. The number of nitrogens with zero attached hydrogens (tertiary/aromatic N) is 1. The van der Waals surface area contributed by atoms with Crippen molar-refractivity contribution in [2.75, 3.05) is 23.3 Å². The van der Waals surface area contributed by atoms with Crippen LogP contribution in [-0.4, -0.2) is 38.6 Å². The summed E-state index contributed by atoms with van der Waals surface area (Å²) in [7, 11) is -3.78. The van der Waals surface area contributed by atoms with E-state index in [9.17, 15) is 13.2 Å². The number of anilines is 2. The average molecular weight is 433 g/mol. The minimum Gasteiger partial charge on any atom is -0.381 e. The number of aromatic nitrogens is 1. The highest BCUT2D eigenvalue weighted by atomic mass is 35.5. The number of amides is 1. The van der Waals surface area contributed by atoms with Crippen LogP contribution in [0.15, 0.2) is 40.7 Å². The van der Waals surface area contributed by atoms with E-state index in [1.54, 1.807) is 17.5 Å². The third-order valence-electron chi connectivity index (χ3n) is 4.14. The molecule has 0 aliphatic carbocycles. The van der Waals surface area contributed by atoms with Gasteiger partial charge in [-0.05, 0) is 37.0 Å². The number of ether oxygens (including phenoxy) is 1. The van der Waals surface area contributed by atoms with Crippen molar-refractivity contribution in [3.8, 4) is 0 Å². The quantitative estimate of drug-likeness (QED) is 0.641. The van der Waals surface area contributed by atoms with E-state index >= 15 is 0 Å². The van der Waals surface area contributed by atoms with Crippen LogP contribution < -0.4 is 15.8 Å². The Bertz CT molecular complexity index is 855. The smallest absolute Gasteiger partial charge is 0.263 e. The fourth-order valence-corrected chi connectivity index (χ4v) is 4.54. The van der Waals surface area contributed by atoms with Crippen LogP contribution in [0.3, 0.4) is 0 Å². The summed E-state index contributed by atoms with van der Waals surface area (Å²) in [5.41, 5.74) is 6.42. The number of hydrogen-bond donors (Lipinski definition) is 3. The summed E-state index contributed by atoms with van der Waals surface area (Å²) >= 11 is 1.18. The van der Waals surface area contributed by atoms with Crippen molar-refractivity contribution in [1.29, 1.82) is 0 Å². The van der Waals surface area contributed by atoms with Crippen molar-refractivity contribution in [3.63, 3.8) is 0 Å². The van der Waals surface area contributed by atoms with Gasteiger partial charge in [0.25, 0.3) is 10.0 Å². The first-order chi connectivity index (χ1) is 12.5. The largest absolute Gasteiger partial charge is 0.381 e. The van der Waals surface area contributed by atoms with E-state index in [0.717, 1.165) is 12.8 Å². The zero-order valence-electron chi connectivity index (χ0n) is 14.3. The maximum absolute atomic E-state index is 12.4. The molecule has 27 heavy (non-hydrogen) atoms. The Labute approximate surface area is 168 Å². The minimum atomic E-state index is -3.78. The summed E-state index contributed by atoms with van der Waals surface area (Å²) < 4.78 is 32.5. The zero-order chi connectivity index (χ0) is 18.6. The fraction of sp³-hybridized carbons (Fsp3) is 0.375. The molecule has 1 unspecified atom stereocenters. The van der Waals surface area contributed by atoms with E-state index < -0.39 is 16.1 Å². The van der Waals surface area contributed by atoms with Gasteiger partial charge < -0.3 is 15.8 Å². The number of rotatable bonds is 6. The van der Waals surface area contributed by atoms with Gasteiger partial charge in [-0.3, -0.25) is 9.52 Å². The molecule has 0 radical (unpaired) electrons. The molecule has 8 nitrogen and oxygen atoms in total. The average Bonchev–Trinajstić information content (AvgIpc) is 3.14. The first-order valence-electron chi connectivity index (χ1n) is 8.12. The maximum atomic E-state index is 12.4. The first kappa shape index (κ1) is 21.6. The van der Waals surface area contributed by atoms with Crippen LogP contribution in [0.25, 0.3) is 0 Å². The predicted octanol–water partition coefficient (Wildman–Crippen LogP) is 2.06. The number of benzene rings is 1. The molecular weight excluding hydrogens is 412 g/mol. The lowest BCUT2D eigenvalue weighted by Crippen LogP contribution is -2.44. The van der Waals surface area contributed by atoms with Gasteiger partial charge in [-0.2, -0.15) is 0 Å². The molecule has 1 atom stereocenters. The van der Waals surface area contributed by atoms with Crippen molar-refractivity contribution in [2.45, 2.75) is 23.8 Å². The molecule has 1 fully saturated rings. The van der Waals surface area contributed by atoms with Crippen molar-refractivity contribution in [2.24, 2.45) is 11.7 Å². The minimum absolute atomic E-state index is 0. The molecule has 3 rings (SSSR count). The van der Waals surface area contributed by atoms with Crippen molar-refractivity contribution >= 4 is 50.5 Å². The number of carbonyl (C=O) groups is 1. The van der Waals surface area contributed by atoms with E-state index in [-0.39, 0.29) is 34.3 Å². The molecule has 4 N–H and O–H groups in total. The number of nitrogens with two attached hydrogens (primary N) is 1. The van der Waals surface area contributed by atoms with E-state index in [1.165, 1.54) is 29.7 Å². The Morgan fingerprint density at radius 2 is 2.07 bits per heavy atom. The van der Waals surface area contributed by atoms with Gasteiger partial charge in [0.2, 0.25) is 5.91 Å². The molecule has 0 bridgehead atoms. The Balaban J connectivity index is 0.00000261. The van der Waals surface area contributed by atoms with Crippen LogP contribution in [0.5, 0.6) is 0 Å². The SMILES string of the molecule is Cl.NC(C(=O)Nc1cccc(S(=O)(=O)Nc2nccs2)c1)C1CCOCC1. The number of nitrogens with one attached hydrogen (secondary N) is 2. The van der Waals surface area contributed by atoms with Crippen LogP contribution in [0.4, 0.5) is 10.8 Å². The molecule has 1 aromatic carbocycles. The maximum Gasteiger partial charge on any atom is 0.263 e. The highest BCUT2D eigenvalue weighted by molar-refractivity contribution is 7.93. The summed E-state index contributed by atoms with van der Waals surface area (Å²) in [6.07, 6.45) is 2.98. The van der Waals surface area contributed by atoms with Crippen molar-refractivity contribution in [1.82, 2.24) is 4.98 Å². The lowest BCUT2D eigenvalue weighted by Gasteiger charge is -2.26. The van der Waals surface area contributed by atoms with Gasteiger partial charge in [-0.25, -0.2) is 13.4 Å². The summed E-state index contributed by atoms with van der Waals surface area (Å²) in [4.78, 5) is 16.3. The molecule has 148 valence electrons. The van der Waals surface area contributed by atoms with Gasteiger partial charge in [0.1, 0.15) is 0 Å². The topological polar surface area (TPSA) is 123 Å². The van der Waals surface area contributed by atoms with Crippen LogP contribution in [-0.2, 0) is 19.6 Å². The van der Waals surface area contributed by atoms with Crippen LogP contribution in [0.1, 0.15) is 12.8 Å². The monoisotopic (exact) mass is 432 g/mol. The van der Waals surface area contributed by atoms with Crippen molar-refractivity contribution in [3.05, 3.63) is 35.8 Å². The van der Waals surface area contributed by atoms with Gasteiger partial charge in [0.15, 0.2) is 5.13 Å². The molecule has 1 aromatic heterocycles. The predicted molar refractivity (Wildman–Crippen MR) is 107 cm³/mol. The van der Waals surface area contributed by atoms with Crippen LogP contribution >= 0.6 is 23.7 Å². The Kier molecular flexibility index (Phi) is 7.57. The normalized spacial score (nSPS) is 16.2. The molecule has 0 saturated carbocycles. The molecule has 1 aliphatic rings. The molecule has 0 spiro atoms. The summed E-state index contributed by atoms with van der Waals surface area (Å²) in [6.45, 7) is 1.20. The van der Waals surface area contributed by atoms with Gasteiger partial charge >= 0.3 is 0 Å². The van der Waals surface area contributed by atoms with Gasteiger partial charge in [0.05, 0.1) is 10.9 Å². The first-order valence-corrected chi connectivity index (χ1v) is 10.5. The van der Waals surface area contributed by atoms with Gasteiger partial charge in [-0.15, -0.1) is 23.7 Å². The number of thiazole rings is 1. The van der Waals surface area contributed by atoms with E-state index in [4.69, 9.17) is 10.5 Å². The van der Waals surface area contributed by atoms with E-state index in [1.807, 2.05) is 0 Å². The van der Waals surface area contributed by atoms with Gasteiger partial charge in [0, 0.05) is 30.5 Å². The molecule has 2 heterocycles. The molecule has 1 amide bonds. The second-order valence-electron chi connectivity index (χ2n) is 5.94. The van der Waals surface area contributed by atoms with Crippen LogP contribution in [0, 0.1) is 5.92 Å². The number of sulfonamides is 1. The zero-order valence-corrected chi connectivity index (χ0v) is 16.8. The molecule has 11 heteroatoms. The Morgan fingerprint density at radius 1 is 1.33 bits per heavy atom. The number of carbonyl (C=O) groups excluding carboxylic acids is 1. The van der Waals surface area contributed by atoms with E-state index in [2.05, 4.69) is 15.0 Å². The highest BCUT2D eigenvalue weighted by Crippen LogP contribution is 2.22. The second kappa shape index (κ2) is 9.47. The van der Waals surface area contributed by atoms with Crippen LogP contribution in [0.2, 0.25) is 0 Å². The van der Waals surface area contributed by atoms with Gasteiger partial charge in [-0.1, -0.05) is 6.07 Å². The fourth-order valence-electron chi connectivity index (χ4n) is 2.70. The highest BCUT2D eigenvalue weighted by Gasteiger charge is 2.27. The number of hydrogen-bond acceptors (Lipinski definition) is 7. The second-order valence-corrected chi connectivity index (χ2v) is 8.51. The third kappa shape index (κ3) is 5.63. The van der Waals surface area contributed by atoms with Crippen molar-refractivity contribution < 1.29 is 17.9 Å². The summed E-state index contributed by atoms with van der Waals surface area (Å²) in [5.74, 6) is -0.276. The molecule has 1 saturated heterocycles. The number of halogens is 1. The summed E-state index contributed by atoms with van der Waals surface area (Å²) in [5, 5.41) is 4.65. The molecule has 2 aromatic rings. The summed E-state index contributed by atoms with van der Waals surface area (Å²) in [6, 6.07) is 5.37. The standard InChI is InChI=1S/C16H20N4O4S2.ClH/c17-14(11-4-7-24-8-5-11)15(21)19-12-2-1-3-13(10-12)26(22,23)20-16-18-6-9-25-16;/h1-3,6,9-11,14H,4-5,7-8,17H2,(H,18,20)(H,19,21);1H. The Hall–Kier alpha value is -1.72. The molecular formula is C16H21ClN4O4S2.